The third-order valence-electron chi connectivity index (χ3n) is 4.98. The molecule has 1 aromatic heterocycles. The number of nitrogens with zero attached hydrogens (tertiary/aromatic N) is 2. The molecule has 2 aromatic carbocycles. The summed E-state index contributed by atoms with van der Waals surface area (Å²) in [5.74, 6) is 1.27. The molecule has 0 radical (unpaired) electrons. The van der Waals surface area contributed by atoms with Gasteiger partial charge in [-0.15, -0.1) is 0 Å². The lowest BCUT2D eigenvalue weighted by Gasteiger charge is -2.29. The van der Waals surface area contributed by atoms with Gasteiger partial charge in [-0.3, -0.25) is 14.4 Å². The SMILES string of the molecule is COc1ccc(C2(c3cccc(OCCCF)c3)N=Cc3ncccc32)cc1Cl. The first-order valence-corrected chi connectivity index (χ1v) is 9.71. The van der Waals surface area contributed by atoms with E-state index in [1.165, 1.54) is 0 Å². The minimum Gasteiger partial charge on any atom is -0.495 e. The maximum absolute atomic E-state index is 12.4. The molecule has 0 N–H and O–H groups in total. The van der Waals surface area contributed by atoms with Crippen molar-refractivity contribution in [3.63, 3.8) is 0 Å². The molecular formula is C23H20ClFN2O2. The number of rotatable bonds is 7. The molecule has 6 heteroatoms. The van der Waals surface area contributed by atoms with Crippen molar-refractivity contribution in [2.75, 3.05) is 20.4 Å². The number of methoxy groups -OCH3 is 1. The second-order valence-electron chi connectivity index (χ2n) is 6.67. The molecule has 29 heavy (non-hydrogen) atoms. The van der Waals surface area contributed by atoms with Crippen LogP contribution in [0.3, 0.4) is 0 Å². The highest BCUT2D eigenvalue weighted by atomic mass is 35.5. The number of ether oxygens (including phenoxy) is 2. The molecule has 3 aromatic rings. The number of aromatic nitrogens is 1. The molecule has 0 fully saturated rings. The largest absolute Gasteiger partial charge is 0.495 e. The van der Waals surface area contributed by atoms with Crippen molar-refractivity contribution in [3.8, 4) is 11.5 Å². The molecule has 148 valence electrons. The molecule has 4 nitrogen and oxygen atoms in total. The van der Waals surface area contributed by atoms with Crippen LogP contribution in [0, 0.1) is 0 Å². The molecule has 1 aliphatic heterocycles. The lowest BCUT2D eigenvalue weighted by Crippen LogP contribution is -2.25. The topological polar surface area (TPSA) is 43.7 Å². The zero-order valence-electron chi connectivity index (χ0n) is 15.9. The van der Waals surface area contributed by atoms with E-state index in [9.17, 15) is 4.39 Å². The van der Waals surface area contributed by atoms with Gasteiger partial charge in [0, 0.05) is 24.4 Å². The Balaban J connectivity index is 1.87. The maximum atomic E-state index is 12.4. The van der Waals surface area contributed by atoms with Crippen LogP contribution in [0.2, 0.25) is 5.02 Å². The average molecular weight is 411 g/mol. The number of hydrogen-bond acceptors (Lipinski definition) is 4. The van der Waals surface area contributed by atoms with Gasteiger partial charge in [-0.05, 0) is 41.5 Å². The van der Waals surface area contributed by atoms with Gasteiger partial charge in [-0.2, -0.15) is 0 Å². The van der Waals surface area contributed by atoms with Crippen molar-refractivity contribution in [2.24, 2.45) is 4.99 Å². The summed E-state index contributed by atoms with van der Waals surface area (Å²) >= 11 is 6.45. The molecule has 4 rings (SSSR count). The van der Waals surface area contributed by atoms with E-state index in [4.69, 9.17) is 26.1 Å². The normalized spacial score (nSPS) is 17.2. The summed E-state index contributed by atoms with van der Waals surface area (Å²) < 4.78 is 23.5. The smallest absolute Gasteiger partial charge is 0.138 e. The summed E-state index contributed by atoms with van der Waals surface area (Å²) in [6.45, 7) is -0.0833. The Hall–Kier alpha value is -2.92. The van der Waals surface area contributed by atoms with Crippen LogP contribution in [0.4, 0.5) is 4.39 Å². The highest BCUT2D eigenvalue weighted by Crippen LogP contribution is 2.46. The number of pyridine rings is 1. The summed E-state index contributed by atoms with van der Waals surface area (Å²) in [4.78, 5) is 9.37. The standard InChI is InChI=1S/C23H20ClFN2O2/c1-28-22-9-8-17(14-20(22)24)23(19-7-3-11-26-21(19)15-27-23)16-5-2-6-18(13-16)29-12-4-10-25/h2-3,5-9,11,13-15H,4,10,12H2,1H3. The number of aliphatic imine (C=N–C) groups is 1. The van der Waals surface area contributed by atoms with Crippen molar-refractivity contribution >= 4 is 17.8 Å². The Bertz CT molecular complexity index is 1060. The van der Waals surface area contributed by atoms with Crippen LogP contribution < -0.4 is 9.47 Å². The van der Waals surface area contributed by atoms with Crippen molar-refractivity contribution in [2.45, 2.75) is 12.0 Å². The second-order valence-corrected chi connectivity index (χ2v) is 7.08. The maximum Gasteiger partial charge on any atom is 0.138 e. The fraction of sp³-hybridized carbons (Fsp3) is 0.217. The quantitative estimate of drug-likeness (QED) is 0.502. The van der Waals surface area contributed by atoms with E-state index in [0.29, 0.717) is 29.5 Å². The van der Waals surface area contributed by atoms with Crippen LogP contribution in [-0.2, 0) is 5.54 Å². The van der Waals surface area contributed by atoms with Crippen LogP contribution in [0.25, 0.3) is 0 Å². The third-order valence-corrected chi connectivity index (χ3v) is 5.27. The van der Waals surface area contributed by atoms with E-state index in [1.54, 1.807) is 19.5 Å². The molecule has 0 saturated carbocycles. The van der Waals surface area contributed by atoms with Crippen molar-refractivity contribution in [1.29, 1.82) is 0 Å². The van der Waals surface area contributed by atoms with Crippen LogP contribution >= 0.6 is 11.6 Å². The Kier molecular flexibility index (Phi) is 5.49. The average Bonchev–Trinajstić information content (AvgIpc) is 3.15. The minimum atomic E-state index is -0.807. The van der Waals surface area contributed by atoms with E-state index in [1.807, 2.05) is 54.6 Å². The van der Waals surface area contributed by atoms with E-state index in [2.05, 4.69) is 4.98 Å². The summed E-state index contributed by atoms with van der Waals surface area (Å²) in [6.07, 6.45) is 3.89. The summed E-state index contributed by atoms with van der Waals surface area (Å²) in [7, 11) is 1.59. The number of alkyl halides is 1. The highest BCUT2D eigenvalue weighted by Gasteiger charge is 2.41. The van der Waals surface area contributed by atoms with E-state index in [0.717, 1.165) is 22.4 Å². The van der Waals surface area contributed by atoms with Gasteiger partial charge in [-0.1, -0.05) is 35.9 Å². The lowest BCUT2D eigenvalue weighted by molar-refractivity contribution is 0.289. The molecular weight excluding hydrogens is 391 g/mol. The number of halogens is 2. The van der Waals surface area contributed by atoms with Gasteiger partial charge in [0.05, 0.1) is 31.1 Å². The Labute approximate surface area is 174 Å². The molecule has 2 heterocycles. The first-order valence-electron chi connectivity index (χ1n) is 9.33. The van der Waals surface area contributed by atoms with Gasteiger partial charge in [0.2, 0.25) is 0 Å². The van der Waals surface area contributed by atoms with E-state index < -0.39 is 12.2 Å². The van der Waals surface area contributed by atoms with Gasteiger partial charge in [0.15, 0.2) is 0 Å². The van der Waals surface area contributed by atoms with Crippen LogP contribution in [0.15, 0.2) is 65.8 Å². The predicted octanol–water partition coefficient (Wildman–Crippen LogP) is 5.21. The van der Waals surface area contributed by atoms with Gasteiger partial charge >= 0.3 is 0 Å². The van der Waals surface area contributed by atoms with Crippen LogP contribution in [-0.4, -0.2) is 31.6 Å². The zero-order chi connectivity index (χ0) is 20.3. The number of fused-ring (bicyclic) bond motifs is 1. The van der Waals surface area contributed by atoms with E-state index >= 15 is 0 Å². The second kappa shape index (κ2) is 8.21. The Morgan fingerprint density at radius 2 is 1.93 bits per heavy atom. The molecule has 0 spiro atoms. The molecule has 1 aliphatic rings. The van der Waals surface area contributed by atoms with Gasteiger partial charge in [0.25, 0.3) is 0 Å². The number of benzene rings is 2. The lowest BCUT2D eigenvalue weighted by atomic mass is 9.78. The third kappa shape index (κ3) is 3.47. The molecule has 0 amide bonds. The van der Waals surface area contributed by atoms with Gasteiger partial charge in [-0.25, -0.2) is 0 Å². The summed E-state index contributed by atoms with van der Waals surface area (Å²) in [6, 6.07) is 17.3. The van der Waals surface area contributed by atoms with Crippen molar-refractivity contribution < 1.29 is 13.9 Å². The summed E-state index contributed by atoms with van der Waals surface area (Å²) in [5.41, 5.74) is 2.77. The first-order chi connectivity index (χ1) is 14.2. The van der Waals surface area contributed by atoms with E-state index in [-0.39, 0.29) is 0 Å². The molecule has 1 unspecified atom stereocenters. The zero-order valence-corrected chi connectivity index (χ0v) is 16.7. The van der Waals surface area contributed by atoms with Crippen LogP contribution in [0.1, 0.15) is 28.8 Å². The van der Waals surface area contributed by atoms with Gasteiger partial charge < -0.3 is 9.47 Å². The molecule has 0 bridgehead atoms. The Morgan fingerprint density at radius 3 is 2.72 bits per heavy atom. The van der Waals surface area contributed by atoms with Crippen molar-refractivity contribution in [3.05, 3.63) is 88.2 Å². The van der Waals surface area contributed by atoms with Gasteiger partial charge in [0.1, 0.15) is 17.0 Å². The molecule has 0 saturated heterocycles. The van der Waals surface area contributed by atoms with Crippen molar-refractivity contribution in [1.82, 2.24) is 4.98 Å². The predicted molar refractivity (Wildman–Crippen MR) is 112 cm³/mol. The first kappa shape index (κ1) is 19.4. The highest BCUT2D eigenvalue weighted by molar-refractivity contribution is 6.32. The fourth-order valence-electron chi connectivity index (χ4n) is 3.63. The monoisotopic (exact) mass is 410 g/mol. The summed E-state index contributed by atoms with van der Waals surface area (Å²) in [5, 5.41) is 0.507. The molecule has 1 atom stereocenters. The minimum absolute atomic E-state index is 0.322. The number of hydrogen-bond donors (Lipinski definition) is 0. The van der Waals surface area contributed by atoms with Crippen LogP contribution in [0.5, 0.6) is 11.5 Å². The Morgan fingerprint density at radius 1 is 1.07 bits per heavy atom. The molecule has 0 aliphatic carbocycles. The fourth-order valence-corrected chi connectivity index (χ4v) is 3.89.